The highest BCUT2D eigenvalue weighted by molar-refractivity contribution is 6.33. The number of halogens is 1. The average molecular weight is 428 g/mol. The van der Waals surface area contributed by atoms with Gasteiger partial charge in [-0.3, -0.25) is 4.79 Å². The minimum Gasteiger partial charge on any atom is -0.493 e. The molecule has 0 bridgehead atoms. The minimum absolute atomic E-state index is 0.0151. The van der Waals surface area contributed by atoms with Crippen LogP contribution >= 0.6 is 11.6 Å². The third kappa shape index (κ3) is 5.83. The lowest BCUT2D eigenvalue weighted by Crippen LogP contribution is -2.32. The van der Waals surface area contributed by atoms with Crippen molar-refractivity contribution in [3.63, 3.8) is 0 Å². The normalized spacial score (nSPS) is 10.8. The van der Waals surface area contributed by atoms with Gasteiger partial charge in [-0.2, -0.15) is 0 Å². The molecule has 0 atom stereocenters. The molecule has 30 heavy (non-hydrogen) atoms. The van der Waals surface area contributed by atoms with Crippen LogP contribution in [-0.4, -0.2) is 34.2 Å². The first kappa shape index (κ1) is 21.8. The van der Waals surface area contributed by atoms with Gasteiger partial charge in [0.1, 0.15) is 5.75 Å². The minimum atomic E-state index is -0.0151. The Kier molecular flexibility index (Phi) is 7.46. The molecule has 0 radical (unpaired) electrons. The molecular formula is C23H26ClN3O3. The second-order valence-electron chi connectivity index (χ2n) is 7.22. The summed E-state index contributed by atoms with van der Waals surface area (Å²) in [6, 6.07) is 13.3. The van der Waals surface area contributed by atoms with Gasteiger partial charge in [0, 0.05) is 6.54 Å². The molecule has 0 saturated heterocycles. The SMILES string of the molecule is CCCN(Cc1nnc(-c2ccccc2Cl)o1)C(=O)CCOc1cc(C)cc(C)c1. The quantitative estimate of drug-likeness (QED) is 0.468. The number of hydrogen-bond acceptors (Lipinski definition) is 5. The first-order valence-electron chi connectivity index (χ1n) is 10.0. The van der Waals surface area contributed by atoms with Gasteiger partial charge < -0.3 is 14.1 Å². The third-order valence-corrected chi connectivity index (χ3v) is 4.85. The molecule has 2 aromatic carbocycles. The summed E-state index contributed by atoms with van der Waals surface area (Å²) in [7, 11) is 0. The zero-order valence-corrected chi connectivity index (χ0v) is 18.3. The lowest BCUT2D eigenvalue weighted by atomic mass is 10.1. The molecule has 0 aliphatic heterocycles. The second-order valence-corrected chi connectivity index (χ2v) is 7.63. The Balaban J connectivity index is 1.60. The zero-order chi connectivity index (χ0) is 21.5. The fourth-order valence-corrected chi connectivity index (χ4v) is 3.43. The summed E-state index contributed by atoms with van der Waals surface area (Å²) in [5.74, 6) is 1.49. The molecule has 0 unspecified atom stereocenters. The highest BCUT2D eigenvalue weighted by Crippen LogP contribution is 2.26. The number of aromatic nitrogens is 2. The lowest BCUT2D eigenvalue weighted by Gasteiger charge is -2.20. The fourth-order valence-electron chi connectivity index (χ4n) is 3.22. The maximum Gasteiger partial charge on any atom is 0.249 e. The summed E-state index contributed by atoms with van der Waals surface area (Å²) in [4.78, 5) is 14.4. The predicted molar refractivity (Wildman–Crippen MR) is 116 cm³/mol. The highest BCUT2D eigenvalue weighted by atomic mass is 35.5. The number of amides is 1. The maximum atomic E-state index is 12.7. The molecule has 1 amide bonds. The molecule has 0 spiro atoms. The van der Waals surface area contributed by atoms with Gasteiger partial charge in [0.25, 0.3) is 0 Å². The third-order valence-electron chi connectivity index (χ3n) is 4.52. The summed E-state index contributed by atoms with van der Waals surface area (Å²) in [6.07, 6.45) is 1.10. The van der Waals surface area contributed by atoms with Crippen LogP contribution in [0.15, 0.2) is 46.9 Å². The van der Waals surface area contributed by atoms with Gasteiger partial charge >= 0.3 is 0 Å². The molecule has 0 aliphatic rings. The predicted octanol–water partition coefficient (Wildman–Crippen LogP) is 5.21. The molecule has 1 heterocycles. The van der Waals surface area contributed by atoms with E-state index >= 15 is 0 Å². The molecule has 3 aromatic rings. The lowest BCUT2D eigenvalue weighted by molar-refractivity contribution is -0.132. The summed E-state index contributed by atoms with van der Waals surface area (Å²) in [5.41, 5.74) is 2.94. The van der Waals surface area contributed by atoms with E-state index in [4.69, 9.17) is 20.8 Å². The smallest absolute Gasteiger partial charge is 0.249 e. The van der Waals surface area contributed by atoms with Gasteiger partial charge in [0.15, 0.2) is 0 Å². The summed E-state index contributed by atoms with van der Waals surface area (Å²) in [5, 5.41) is 8.70. The van der Waals surface area contributed by atoms with E-state index in [1.54, 1.807) is 11.0 Å². The average Bonchev–Trinajstić information content (AvgIpc) is 3.15. The van der Waals surface area contributed by atoms with Gasteiger partial charge in [-0.1, -0.05) is 36.7 Å². The molecule has 3 rings (SSSR count). The molecule has 6 nitrogen and oxygen atoms in total. The Morgan fingerprint density at radius 3 is 2.57 bits per heavy atom. The molecule has 1 aromatic heterocycles. The number of benzene rings is 2. The molecule has 0 N–H and O–H groups in total. The van der Waals surface area contributed by atoms with E-state index in [1.165, 1.54) is 0 Å². The zero-order valence-electron chi connectivity index (χ0n) is 17.5. The Morgan fingerprint density at radius 1 is 1.13 bits per heavy atom. The van der Waals surface area contributed by atoms with Gasteiger partial charge in [-0.05, 0) is 55.7 Å². The van der Waals surface area contributed by atoms with Crippen LogP contribution in [0.25, 0.3) is 11.5 Å². The number of hydrogen-bond donors (Lipinski definition) is 0. The van der Waals surface area contributed by atoms with Crippen molar-refractivity contribution in [3.8, 4) is 17.2 Å². The van der Waals surface area contributed by atoms with Crippen molar-refractivity contribution < 1.29 is 13.9 Å². The number of ether oxygens (including phenoxy) is 1. The molecule has 0 aliphatic carbocycles. The van der Waals surface area contributed by atoms with E-state index in [0.717, 1.165) is 23.3 Å². The van der Waals surface area contributed by atoms with E-state index in [9.17, 15) is 4.79 Å². The van der Waals surface area contributed by atoms with E-state index in [-0.39, 0.29) is 18.9 Å². The highest BCUT2D eigenvalue weighted by Gasteiger charge is 2.18. The topological polar surface area (TPSA) is 68.5 Å². The van der Waals surface area contributed by atoms with E-state index in [2.05, 4.69) is 16.3 Å². The van der Waals surface area contributed by atoms with Gasteiger partial charge in [-0.15, -0.1) is 10.2 Å². The van der Waals surface area contributed by atoms with E-state index < -0.39 is 0 Å². The van der Waals surface area contributed by atoms with Crippen LogP contribution in [0.2, 0.25) is 5.02 Å². The Hall–Kier alpha value is -2.86. The summed E-state index contributed by atoms with van der Waals surface area (Å²) >= 11 is 6.19. The number of rotatable bonds is 9. The Labute approximate surface area is 181 Å². The van der Waals surface area contributed by atoms with E-state index in [0.29, 0.717) is 35.5 Å². The van der Waals surface area contributed by atoms with Crippen LogP contribution < -0.4 is 4.74 Å². The molecule has 0 fully saturated rings. The first-order chi connectivity index (χ1) is 14.5. The number of carbonyl (C=O) groups excluding carboxylic acids is 1. The summed E-state index contributed by atoms with van der Waals surface area (Å²) < 4.78 is 11.5. The number of nitrogens with zero attached hydrogens (tertiary/aromatic N) is 3. The van der Waals surface area contributed by atoms with Crippen LogP contribution in [0.4, 0.5) is 0 Å². The fraction of sp³-hybridized carbons (Fsp3) is 0.348. The largest absolute Gasteiger partial charge is 0.493 e. The van der Waals surface area contributed by atoms with E-state index in [1.807, 2.05) is 51.1 Å². The van der Waals surface area contributed by atoms with Crippen LogP contribution in [-0.2, 0) is 11.3 Å². The van der Waals surface area contributed by atoms with Crippen molar-refractivity contribution >= 4 is 17.5 Å². The first-order valence-corrected chi connectivity index (χ1v) is 10.4. The number of carbonyl (C=O) groups is 1. The van der Waals surface area contributed by atoms with Crippen molar-refractivity contribution in [1.82, 2.24) is 15.1 Å². The Morgan fingerprint density at radius 2 is 1.87 bits per heavy atom. The van der Waals surface area contributed by atoms with Crippen LogP contribution in [0.3, 0.4) is 0 Å². The van der Waals surface area contributed by atoms with Crippen molar-refractivity contribution in [2.45, 2.75) is 40.2 Å². The number of aryl methyl sites for hydroxylation is 2. The van der Waals surface area contributed by atoms with Gasteiger partial charge in [-0.25, -0.2) is 0 Å². The van der Waals surface area contributed by atoms with Crippen LogP contribution in [0.1, 0.15) is 36.8 Å². The molecule has 158 valence electrons. The second kappa shape index (κ2) is 10.3. The van der Waals surface area contributed by atoms with Crippen molar-refractivity contribution in [2.24, 2.45) is 0 Å². The molecular weight excluding hydrogens is 402 g/mol. The standard InChI is InChI=1S/C23H26ClN3O3/c1-4-10-27(22(28)9-11-29-18-13-16(2)12-17(3)14-18)15-21-25-26-23(30-21)19-7-5-6-8-20(19)24/h5-8,12-14H,4,9-11,15H2,1-3H3. The van der Waals surface area contributed by atoms with Gasteiger partial charge in [0.2, 0.25) is 17.7 Å². The summed E-state index contributed by atoms with van der Waals surface area (Å²) in [6.45, 7) is 7.25. The molecule has 0 saturated carbocycles. The van der Waals surface area contributed by atoms with Crippen LogP contribution in [0, 0.1) is 13.8 Å². The van der Waals surface area contributed by atoms with Crippen molar-refractivity contribution in [3.05, 3.63) is 64.5 Å². The molecule has 7 heteroatoms. The van der Waals surface area contributed by atoms with Crippen LogP contribution in [0.5, 0.6) is 5.75 Å². The Bertz CT molecular complexity index is 983. The van der Waals surface area contributed by atoms with Crippen molar-refractivity contribution in [2.75, 3.05) is 13.2 Å². The maximum absolute atomic E-state index is 12.7. The van der Waals surface area contributed by atoms with Gasteiger partial charge in [0.05, 0.1) is 30.2 Å². The van der Waals surface area contributed by atoms with Crippen molar-refractivity contribution in [1.29, 1.82) is 0 Å². The monoisotopic (exact) mass is 427 g/mol.